The second-order valence-electron chi connectivity index (χ2n) is 4.61. The highest BCUT2D eigenvalue weighted by atomic mass is 19.1. The maximum Gasteiger partial charge on any atom is 0.170 e. The third kappa shape index (κ3) is 4.18. The molecule has 0 bridgehead atoms. The van der Waals surface area contributed by atoms with E-state index in [9.17, 15) is 18.8 Å². The van der Waals surface area contributed by atoms with E-state index in [0.29, 0.717) is 5.56 Å². The van der Waals surface area contributed by atoms with E-state index in [1.807, 2.05) is 0 Å². The van der Waals surface area contributed by atoms with Crippen LogP contribution in [0.2, 0.25) is 0 Å². The smallest absolute Gasteiger partial charge is 0.170 e. The average molecular weight is 284 g/mol. The van der Waals surface area contributed by atoms with Crippen molar-refractivity contribution in [2.45, 2.75) is 12.8 Å². The molecular formula is C17H13FO3. The molecule has 0 atom stereocenters. The van der Waals surface area contributed by atoms with Crippen molar-refractivity contribution in [3.63, 3.8) is 0 Å². The first-order chi connectivity index (χ1) is 10.1. The van der Waals surface area contributed by atoms with E-state index < -0.39 is 17.4 Å². The highest BCUT2D eigenvalue weighted by Crippen LogP contribution is 2.09. The van der Waals surface area contributed by atoms with Gasteiger partial charge in [-0.2, -0.15) is 0 Å². The van der Waals surface area contributed by atoms with Gasteiger partial charge in [-0.1, -0.05) is 30.3 Å². The zero-order chi connectivity index (χ0) is 15.2. The fourth-order valence-electron chi connectivity index (χ4n) is 1.88. The molecule has 3 nitrogen and oxygen atoms in total. The van der Waals surface area contributed by atoms with E-state index in [0.717, 1.165) is 12.1 Å². The monoisotopic (exact) mass is 284 g/mol. The van der Waals surface area contributed by atoms with Crippen molar-refractivity contribution in [2.24, 2.45) is 0 Å². The zero-order valence-corrected chi connectivity index (χ0v) is 11.2. The van der Waals surface area contributed by atoms with E-state index in [-0.39, 0.29) is 24.2 Å². The summed E-state index contributed by atoms with van der Waals surface area (Å²) >= 11 is 0. The van der Waals surface area contributed by atoms with Gasteiger partial charge in [-0.15, -0.1) is 0 Å². The van der Waals surface area contributed by atoms with E-state index in [4.69, 9.17) is 0 Å². The fourth-order valence-corrected chi connectivity index (χ4v) is 1.88. The number of halogens is 1. The van der Waals surface area contributed by atoms with Gasteiger partial charge in [-0.05, 0) is 24.3 Å². The van der Waals surface area contributed by atoms with Crippen molar-refractivity contribution in [3.05, 3.63) is 71.5 Å². The van der Waals surface area contributed by atoms with Crippen LogP contribution in [0, 0.1) is 5.82 Å². The Kier molecular flexibility index (Phi) is 4.72. The summed E-state index contributed by atoms with van der Waals surface area (Å²) in [5, 5.41) is 0. The molecule has 0 heterocycles. The predicted octanol–water partition coefficient (Wildman–Crippen LogP) is 3.24. The first-order valence-corrected chi connectivity index (χ1v) is 6.45. The number of carbonyl (C=O) groups is 3. The highest BCUT2D eigenvalue weighted by Gasteiger charge is 2.16. The topological polar surface area (TPSA) is 51.2 Å². The molecule has 4 heteroatoms. The van der Waals surface area contributed by atoms with E-state index in [1.54, 1.807) is 30.3 Å². The molecule has 0 spiro atoms. The summed E-state index contributed by atoms with van der Waals surface area (Å²) in [4.78, 5) is 35.4. The molecule has 0 N–H and O–H groups in total. The average Bonchev–Trinajstić information content (AvgIpc) is 2.48. The molecule has 0 aliphatic rings. The Bertz CT molecular complexity index is 660. The van der Waals surface area contributed by atoms with Gasteiger partial charge in [0.2, 0.25) is 0 Å². The molecule has 2 rings (SSSR count). The fraction of sp³-hybridized carbons (Fsp3) is 0.118. The predicted molar refractivity (Wildman–Crippen MR) is 75.7 cm³/mol. The third-order valence-corrected chi connectivity index (χ3v) is 2.98. The van der Waals surface area contributed by atoms with Crippen LogP contribution in [-0.2, 0) is 4.79 Å². The van der Waals surface area contributed by atoms with E-state index in [1.165, 1.54) is 12.1 Å². The Labute approximate surface area is 121 Å². The van der Waals surface area contributed by atoms with Crippen LogP contribution in [0.4, 0.5) is 4.39 Å². The minimum Gasteiger partial charge on any atom is -0.299 e. The molecule has 0 unspecified atom stereocenters. The van der Waals surface area contributed by atoms with Crippen molar-refractivity contribution in [2.75, 3.05) is 0 Å². The summed E-state index contributed by atoms with van der Waals surface area (Å²) in [6.07, 6.45) is -0.666. The van der Waals surface area contributed by atoms with Gasteiger partial charge in [0, 0.05) is 11.1 Å². The Morgan fingerprint density at radius 2 is 1.19 bits per heavy atom. The zero-order valence-electron chi connectivity index (χ0n) is 11.2. The van der Waals surface area contributed by atoms with E-state index >= 15 is 0 Å². The van der Waals surface area contributed by atoms with Crippen LogP contribution < -0.4 is 0 Å². The number of benzene rings is 2. The van der Waals surface area contributed by atoms with Crippen molar-refractivity contribution in [1.29, 1.82) is 0 Å². The molecule has 0 radical (unpaired) electrons. The number of rotatable bonds is 6. The lowest BCUT2D eigenvalue weighted by Gasteiger charge is -2.02. The minimum atomic E-state index is -0.447. The Morgan fingerprint density at radius 1 is 0.714 bits per heavy atom. The van der Waals surface area contributed by atoms with E-state index in [2.05, 4.69) is 0 Å². The van der Waals surface area contributed by atoms with Gasteiger partial charge in [0.05, 0.1) is 12.8 Å². The molecule has 2 aromatic rings. The summed E-state index contributed by atoms with van der Waals surface area (Å²) < 4.78 is 12.7. The van der Waals surface area contributed by atoms with Gasteiger partial charge in [-0.25, -0.2) is 4.39 Å². The van der Waals surface area contributed by atoms with Gasteiger partial charge < -0.3 is 0 Å². The Hall–Kier alpha value is -2.62. The molecule has 21 heavy (non-hydrogen) atoms. The highest BCUT2D eigenvalue weighted by molar-refractivity contribution is 6.15. The van der Waals surface area contributed by atoms with Crippen LogP contribution in [-0.4, -0.2) is 17.3 Å². The second-order valence-corrected chi connectivity index (χ2v) is 4.61. The molecule has 0 aromatic heterocycles. The van der Waals surface area contributed by atoms with Crippen molar-refractivity contribution in [3.8, 4) is 0 Å². The van der Waals surface area contributed by atoms with Gasteiger partial charge in [0.15, 0.2) is 11.6 Å². The van der Waals surface area contributed by atoms with Crippen LogP contribution in [0.1, 0.15) is 33.6 Å². The summed E-state index contributed by atoms with van der Waals surface area (Å²) in [6.45, 7) is 0. The molecule has 0 amide bonds. The lowest BCUT2D eigenvalue weighted by atomic mass is 10.0. The quantitative estimate of drug-likeness (QED) is 0.604. The maximum atomic E-state index is 12.7. The SMILES string of the molecule is O=C(CC(=O)c1ccccc1)CC(=O)c1ccc(F)cc1. The normalized spacial score (nSPS) is 10.1. The van der Waals surface area contributed by atoms with Crippen LogP contribution in [0.15, 0.2) is 54.6 Å². The molecule has 0 saturated heterocycles. The lowest BCUT2D eigenvalue weighted by molar-refractivity contribution is -0.117. The number of hydrogen-bond donors (Lipinski definition) is 0. The summed E-state index contributed by atoms with van der Waals surface area (Å²) in [5.74, 6) is -1.62. The van der Waals surface area contributed by atoms with Crippen LogP contribution in [0.25, 0.3) is 0 Å². The molecule has 0 aliphatic heterocycles. The number of Topliss-reactive ketones (excluding diaryl/α,β-unsaturated/α-hetero) is 3. The van der Waals surface area contributed by atoms with Crippen LogP contribution in [0.3, 0.4) is 0 Å². The second kappa shape index (κ2) is 6.70. The van der Waals surface area contributed by atoms with Gasteiger partial charge in [-0.3, -0.25) is 14.4 Å². The largest absolute Gasteiger partial charge is 0.299 e. The van der Waals surface area contributed by atoms with Crippen LogP contribution >= 0.6 is 0 Å². The number of ketones is 3. The number of carbonyl (C=O) groups excluding carboxylic acids is 3. The van der Waals surface area contributed by atoms with Crippen molar-refractivity contribution < 1.29 is 18.8 Å². The molecule has 0 aliphatic carbocycles. The summed E-state index contributed by atoms with van der Waals surface area (Å²) in [6, 6.07) is 13.4. The molecule has 106 valence electrons. The Balaban J connectivity index is 1.94. The molecule has 0 fully saturated rings. The summed E-state index contributed by atoms with van der Waals surface area (Å²) in [7, 11) is 0. The van der Waals surface area contributed by atoms with Crippen LogP contribution in [0.5, 0.6) is 0 Å². The lowest BCUT2D eigenvalue weighted by Crippen LogP contribution is -2.13. The number of hydrogen-bond acceptors (Lipinski definition) is 3. The maximum absolute atomic E-state index is 12.7. The molecular weight excluding hydrogens is 271 g/mol. The molecule has 0 saturated carbocycles. The first kappa shape index (κ1) is 14.8. The third-order valence-electron chi connectivity index (χ3n) is 2.98. The van der Waals surface area contributed by atoms with Gasteiger partial charge >= 0.3 is 0 Å². The van der Waals surface area contributed by atoms with Crippen molar-refractivity contribution >= 4 is 17.3 Å². The summed E-state index contributed by atoms with van der Waals surface area (Å²) in [5.41, 5.74) is 0.706. The Morgan fingerprint density at radius 3 is 1.71 bits per heavy atom. The van der Waals surface area contributed by atoms with Crippen molar-refractivity contribution in [1.82, 2.24) is 0 Å². The molecule has 2 aromatic carbocycles. The van der Waals surface area contributed by atoms with Gasteiger partial charge in [0.1, 0.15) is 11.6 Å². The standard InChI is InChI=1S/C17H13FO3/c18-14-8-6-13(7-9-14)17(21)11-15(19)10-16(20)12-4-2-1-3-5-12/h1-9H,10-11H2. The minimum absolute atomic E-state index is 0.261. The van der Waals surface area contributed by atoms with Gasteiger partial charge in [0.25, 0.3) is 0 Å². The first-order valence-electron chi connectivity index (χ1n) is 6.45.